The minimum atomic E-state index is -0.764. The molecule has 0 bridgehead atoms. The number of rotatable bonds is 6. The van der Waals surface area contributed by atoms with Crippen LogP contribution in [0.15, 0.2) is 47.1 Å². The number of carbonyl (C=O) groups excluding carboxylic acids is 2. The third-order valence-corrected chi connectivity index (χ3v) is 3.38. The molecule has 1 heterocycles. The van der Waals surface area contributed by atoms with Crippen molar-refractivity contribution in [2.45, 2.75) is 19.1 Å². The summed E-state index contributed by atoms with van der Waals surface area (Å²) < 4.78 is 5.04. The maximum absolute atomic E-state index is 11.6. The molecule has 3 N–H and O–H groups in total. The Morgan fingerprint density at radius 2 is 1.96 bits per heavy atom. The van der Waals surface area contributed by atoms with Gasteiger partial charge in [0.1, 0.15) is 5.76 Å². The fourth-order valence-electron chi connectivity index (χ4n) is 1.94. The zero-order valence-electron chi connectivity index (χ0n) is 12.3. The molecule has 1 aromatic heterocycles. The van der Waals surface area contributed by atoms with Crippen molar-refractivity contribution in [3.63, 3.8) is 0 Å². The van der Waals surface area contributed by atoms with Gasteiger partial charge in [0.25, 0.3) is 0 Å². The van der Waals surface area contributed by atoms with Crippen LogP contribution in [0.2, 0.25) is 5.02 Å². The molecule has 0 radical (unpaired) electrons. The van der Waals surface area contributed by atoms with E-state index in [1.807, 2.05) is 0 Å². The van der Waals surface area contributed by atoms with Gasteiger partial charge in [-0.15, -0.1) is 0 Å². The van der Waals surface area contributed by atoms with Crippen LogP contribution >= 0.6 is 11.6 Å². The Labute approximate surface area is 138 Å². The molecule has 0 aliphatic carbocycles. The number of benzene rings is 1. The van der Waals surface area contributed by atoms with E-state index in [2.05, 4.69) is 10.6 Å². The van der Waals surface area contributed by atoms with E-state index >= 15 is 0 Å². The summed E-state index contributed by atoms with van der Waals surface area (Å²) in [6, 6.07) is 10.2. The molecular formula is C16H17ClN2O4. The minimum Gasteiger partial charge on any atom is -0.467 e. The lowest BCUT2D eigenvalue weighted by Gasteiger charge is -2.12. The molecule has 0 saturated heterocycles. The number of hydrogen-bond donors (Lipinski definition) is 3. The topological polar surface area (TPSA) is 91.6 Å². The molecule has 0 aliphatic heterocycles. The molecule has 0 unspecified atom stereocenters. The smallest absolute Gasteiger partial charge is 0.309 e. The van der Waals surface area contributed by atoms with Crippen molar-refractivity contribution in [1.29, 1.82) is 0 Å². The molecule has 0 fully saturated rings. The Morgan fingerprint density at radius 1 is 1.17 bits per heavy atom. The van der Waals surface area contributed by atoms with Gasteiger partial charge in [0.2, 0.25) is 0 Å². The maximum atomic E-state index is 11.6. The van der Waals surface area contributed by atoms with Crippen LogP contribution in [-0.4, -0.2) is 23.5 Å². The number of nitrogens with one attached hydrogen (secondary N) is 2. The van der Waals surface area contributed by atoms with Crippen molar-refractivity contribution in [3.05, 3.63) is 59.0 Å². The number of hydrogen-bond acceptors (Lipinski definition) is 4. The van der Waals surface area contributed by atoms with Gasteiger partial charge in [0, 0.05) is 11.6 Å². The van der Waals surface area contributed by atoms with Crippen molar-refractivity contribution in [1.82, 2.24) is 10.6 Å². The standard InChI is InChI=1S/C16H17ClN2O4/c17-12-4-1-3-11(9-12)14(20)6-7-18-15(21)16(22)19-10-13-5-2-8-23-13/h1-5,8-9,14,20H,6-7,10H2,(H,18,21)(H,19,22)/t14-/m1/s1. The van der Waals surface area contributed by atoms with Crippen molar-refractivity contribution >= 4 is 23.4 Å². The zero-order chi connectivity index (χ0) is 16.7. The summed E-state index contributed by atoms with van der Waals surface area (Å²) in [6.07, 6.45) is 0.997. The van der Waals surface area contributed by atoms with Crippen LogP contribution in [0.3, 0.4) is 0 Å². The van der Waals surface area contributed by atoms with Crippen LogP contribution in [0.25, 0.3) is 0 Å². The second-order valence-electron chi connectivity index (χ2n) is 4.88. The number of amides is 2. The first-order valence-corrected chi connectivity index (χ1v) is 7.46. The van der Waals surface area contributed by atoms with E-state index < -0.39 is 17.9 Å². The largest absolute Gasteiger partial charge is 0.467 e. The van der Waals surface area contributed by atoms with E-state index in [4.69, 9.17) is 16.0 Å². The van der Waals surface area contributed by atoms with Crippen LogP contribution in [0.1, 0.15) is 23.8 Å². The van der Waals surface area contributed by atoms with Crippen LogP contribution < -0.4 is 10.6 Å². The first-order valence-electron chi connectivity index (χ1n) is 7.08. The molecule has 0 saturated carbocycles. The fraction of sp³-hybridized carbons (Fsp3) is 0.250. The third kappa shape index (κ3) is 5.43. The average Bonchev–Trinajstić information content (AvgIpc) is 3.05. The van der Waals surface area contributed by atoms with Crippen molar-refractivity contribution in [2.24, 2.45) is 0 Å². The van der Waals surface area contributed by atoms with Gasteiger partial charge in [-0.25, -0.2) is 0 Å². The van der Waals surface area contributed by atoms with E-state index in [1.165, 1.54) is 6.26 Å². The Morgan fingerprint density at radius 3 is 2.65 bits per heavy atom. The normalized spacial score (nSPS) is 11.7. The minimum absolute atomic E-state index is 0.143. The Balaban J connectivity index is 1.70. The number of furan rings is 1. The first kappa shape index (κ1) is 17.1. The predicted molar refractivity (Wildman–Crippen MR) is 84.6 cm³/mol. The lowest BCUT2D eigenvalue weighted by atomic mass is 10.1. The summed E-state index contributed by atoms with van der Waals surface area (Å²) in [5, 5.41) is 15.4. The summed E-state index contributed by atoms with van der Waals surface area (Å²) in [7, 11) is 0. The van der Waals surface area contributed by atoms with E-state index in [1.54, 1.807) is 36.4 Å². The molecule has 0 aliphatic rings. The Hall–Kier alpha value is -2.31. The van der Waals surface area contributed by atoms with Crippen LogP contribution in [0.5, 0.6) is 0 Å². The molecule has 2 aromatic rings. The highest BCUT2D eigenvalue weighted by Gasteiger charge is 2.14. The third-order valence-electron chi connectivity index (χ3n) is 3.15. The molecular weight excluding hydrogens is 320 g/mol. The zero-order valence-corrected chi connectivity index (χ0v) is 13.0. The number of halogens is 1. The van der Waals surface area contributed by atoms with Crippen molar-refractivity contribution in [3.8, 4) is 0 Å². The molecule has 0 spiro atoms. The molecule has 7 heteroatoms. The summed E-state index contributed by atoms with van der Waals surface area (Å²) in [6.45, 7) is 0.311. The molecule has 1 atom stereocenters. The second-order valence-corrected chi connectivity index (χ2v) is 5.31. The second kappa shape index (κ2) is 8.36. The highest BCUT2D eigenvalue weighted by Crippen LogP contribution is 2.19. The molecule has 6 nitrogen and oxygen atoms in total. The van der Waals surface area contributed by atoms with E-state index in [-0.39, 0.29) is 19.5 Å². The van der Waals surface area contributed by atoms with Gasteiger partial charge in [-0.1, -0.05) is 23.7 Å². The lowest BCUT2D eigenvalue weighted by Crippen LogP contribution is -2.40. The number of aliphatic hydroxyl groups is 1. The van der Waals surface area contributed by atoms with Crippen molar-refractivity contribution in [2.75, 3.05) is 6.54 Å². The highest BCUT2D eigenvalue weighted by atomic mass is 35.5. The van der Waals surface area contributed by atoms with E-state index in [0.717, 1.165) is 0 Å². The quantitative estimate of drug-likeness (QED) is 0.701. The highest BCUT2D eigenvalue weighted by molar-refractivity contribution is 6.35. The van der Waals surface area contributed by atoms with Gasteiger partial charge < -0.3 is 20.2 Å². The summed E-state index contributed by atoms with van der Waals surface area (Å²) >= 11 is 5.85. The van der Waals surface area contributed by atoms with E-state index in [9.17, 15) is 14.7 Å². The summed E-state index contributed by atoms with van der Waals surface area (Å²) in [5.74, 6) is -0.948. The van der Waals surface area contributed by atoms with E-state index in [0.29, 0.717) is 16.3 Å². The summed E-state index contributed by atoms with van der Waals surface area (Å²) in [5.41, 5.74) is 0.661. The molecule has 23 heavy (non-hydrogen) atoms. The molecule has 2 amide bonds. The molecule has 1 aromatic carbocycles. The lowest BCUT2D eigenvalue weighted by molar-refractivity contribution is -0.139. The van der Waals surface area contributed by atoms with Gasteiger partial charge in [-0.05, 0) is 36.2 Å². The Kier molecular flexibility index (Phi) is 6.19. The van der Waals surface area contributed by atoms with Crippen molar-refractivity contribution < 1.29 is 19.1 Å². The van der Waals surface area contributed by atoms with Crippen LogP contribution in [-0.2, 0) is 16.1 Å². The number of aliphatic hydroxyl groups excluding tert-OH is 1. The monoisotopic (exact) mass is 336 g/mol. The van der Waals surface area contributed by atoms with Gasteiger partial charge in [0.05, 0.1) is 18.9 Å². The van der Waals surface area contributed by atoms with Crippen LogP contribution in [0, 0.1) is 0 Å². The molecule has 2 rings (SSSR count). The van der Waals surface area contributed by atoms with Gasteiger partial charge >= 0.3 is 11.8 Å². The SMILES string of the molecule is O=C(NCC[C@@H](O)c1cccc(Cl)c1)C(=O)NCc1ccco1. The summed E-state index contributed by atoms with van der Waals surface area (Å²) in [4.78, 5) is 23.2. The van der Waals surface area contributed by atoms with Gasteiger partial charge in [0.15, 0.2) is 0 Å². The average molecular weight is 337 g/mol. The predicted octanol–water partition coefficient (Wildman–Crippen LogP) is 1.79. The Bertz CT molecular complexity index is 658. The fourth-order valence-corrected chi connectivity index (χ4v) is 2.14. The van der Waals surface area contributed by atoms with Gasteiger partial charge in [-0.2, -0.15) is 0 Å². The molecule has 122 valence electrons. The number of carbonyl (C=O) groups is 2. The van der Waals surface area contributed by atoms with Gasteiger partial charge in [-0.3, -0.25) is 9.59 Å². The maximum Gasteiger partial charge on any atom is 0.309 e. The first-order chi connectivity index (χ1) is 11.1. The van der Waals surface area contributed by atoms with Crippen LogP contribution in [0.4, 0.5) is 0 Å².